The molecule has 2 heteroatoms. The van der Waals surface area contributed by atoms with Crippen LogP contribution >= 0.6 is 0 Å². The Kier molecular flexibility index (Phi) is 2.46. The monoisotopic (exact) mass is 191 g/mol. The Morgan fingerprint density at radius 3 is 2.71 bits per heavy atom. The summed E-state index contributed by atoms with van der Waals surface area (Å²) in [4.78, 5) is 0. The molecule has 1 N–H and O–H groups in total. The summed E-state index contributed by atoms with van der Waals surface area (Å²) in [6, 6.07) is 4.86. The van der Waals surface area contributed by atoms with Crippen LogP contribution in [-0.2, 0) is 6.42 Å². The van der Waals surface area contributed by atoms with Crippen molar-refractivity contribution in [1.29, 1.82) is 0 Å². The standard InChI is InChI=1S/C12H17NO/c1-8-4-10-6-11(13-3)7-14-12(10)5-9(8)2/h4-5,11,13H,6-7H2,1-3H3. The van der Waals surface area contributed by atoms with E-state index in [0.29, 0.717) is 6.04 Å². The minimum atomic E-state index is 0.463. The van der Waals surface area contributed by atoms with Crippen molar-refractivity contribution in [2.75, 3.05) is 13.7 Å². The molecule has 0 bridgehead atoms. The molecule has 1 aromatic rings. The lowest BCUT2D eigenvalue weighted by Gasteiger charge is -2.25. The average Bonchev–Trinajstić information content (AvgIpc) is 2.19. The molecule has 0 amide bonds. The highest BCUT2D eigenvalue weighted by molar-refractivity contribution is 5.43. The van der Waals surface area contributed by atoms with Crippen LogP contribution in [0, 0.1) is 13.8 Å². The van der Waals surface area contributed by atoms with Crippen LogP contribution in [0.4, 0.5) is 0 Å². The molecule has 1 heterocycles. The predicted molar refractivity (Wildman–Crippen MR) is 58.0 cm³/mol. The van der Waals surface area contributed by atoms with E-state index in [-0.39, 0.29) is 0 Å². The van der Waals surface area contributed by atoms with Crippen molar-refractivity contribution < 1.29 is 4.74 Å². The van der Waals surface area contributed by atoms with Crippen LogP contribution in [0.15, 0.2) is 12.1 Å². The van der Waals surface area contributed by atoms with Crippen molar-refractivity contribution in [3.05, 3.63) is 28.8 Å². The molecule has 0 radical (unpaired) electrons. The normalized spacial score (nSPS) is 20.1. The van der Waals surface area contributed by atoms with Crippen LogP contribution in [0.3, 0.4) is 0 Å². The molecule has 0 aromatic heterocycles. The highest BCUT2D eigenvalue weighted by atomic mass is 16.5. The number of ether oxygens (including phenoxy) is 1. The van der Waals surface area contributed by atoms with Crippen LogP contribution < -0.4 is 10.1 Å². The molecule has 0 saturated carbocycles. The van der Waals surface area contributed by atoms with Gasteiger partial charge in [0.2, 0.25) is 0 Å². The van der Waals surface area contributed by atoms with Gasteiger partial charge >= 0.3 is 0 Å². The molecule has 0 fully saturated rings. The Morgan fingerprint density at radius 2 is 2.00 bits per heavy atom. The molecule has 1 atom stereocenters. The zero-order chi connectivity index (χ0) is 10.1. The van der Waals surface area contributed by atoms with Crippen LogP contribution in [0.25, 0.3) is 0 Å². The molecule has 1 aromatic carbocycles. The van der Waals surface area contributed by atoms with Gasteiger partial charge in [0.15, 0.2) is 0 Å². The van der Waals surface area contributed by atoms with E-state index in [4.69, 9.17) is 4.74 Å². The maximum absolute atomic E-state index is 5.70. The lowest BCUT2D eigenvalue weighted by atomic mass is 9.98. The van der Waals surface area contributed by atoms with E-state index in [1.165, 1.54) is 16.7 Å². The third-order valence-electron chi connectivity index (χ3n) is 2.99. The highest BCUT2D eigenvalue weighted by Gasteiger charge is 2.18. The summed E-state index contributed by atoms with van der Waals surface area (Å²) in [5.41, 5.74) is 3.99. The maximum atomic E-state index is 5.70. The second kappa shape index (κ2) is 3.62. The van der Waals surface area contributed by atoms with Crippen molar-refractivity contribution >= 4 is 0 Å². The van der Waals surface area contributed by atoms with Gasteiger partial charge in [0, 0.05) is 6.04 Å². The van der Waals surface area contributed by atoms with Gasteiger partial charge in [-0.1, -0.05) is 6.07 Å². The second-order valence-corrected chi connectivity index (χ2v) is 4.04. The van der Waals surface area contributed by atoms with Gasteiger partial charge in [-0.3, -0.25) is 0 Å². The van der Waals surface area contributed by atoms with Gasteiger partial charge in [-0.2, -0.15) is 0 Å². The maximum Gasteiger partial charge on any atom is 0.122 e. The summed E-state index contributed by atoms with van der Waals surface area (Å²) in [5, 5.41) is 3.25. The first-order valence-electron chi connectivity index (χ1n) is 5.11. The Balaban J connectivity index is 2.33. The van der Waals surface area contributed by atoms with Gasteiger partial charge in [0.1, 0.15) is 12.4 Å². The molecular formula is C12H17NO. The van der Waals surface area contributed by atoms with Crippen LogP contribution in [0.5, 0.6) is 5.75 Å². The first-order chi connectivity index (χ1) is 6.70. The van der Waals surface area contributed by atoms with Crippen molar-refractivity contribution in [2.45, 2.75) is 26.3 Å². The van der Waals surface area contributed by atoms with E-state index in [0.717, 1.165) is 18.8 Å². The Labute approximate surface area is 85.3 Å². The molecule has 0 aliphatic carbocycles. The number of likely N-dealkylation sites (N-methyl/N-ethyl adjacent to an activating group) is 1. The topological polar surface area (TPSA) is 21.3 Å². The van der Waals surface area contributed by atoms with E-state index in [1.807, 2.05) is 7.05 Å². The predicted octanol–water partition coefficient (Wildman–Crippen LogP) is 1.83. The third-order valence-corrected chi connectivity index (χ3v) is 2.99. The molecule has 0 spiro atoms. The fourth-order valence-corrected chi connectivity index (χ4v) is 1.84. The largest absolute Gasteiger partial charge is 0.492 e. The first kappa shape index (κ1) is 9.53. The number of benzene rings is 1. The molecule has 1 aliphatic rings. The number of rotatable bonds is 1. The molecule has 1 aliphatic heterocycles. The Hall–Kier alpha value is -1.02. The molecule has 0 saturated heterocycles. The van der Waals surface area contributed by atoms with Crippen LogP contribution in [0.2, 0.25) is 0 Å². The number of hydrogen-bond donors (Lipinski definition) is 1. The smallest absolute Gasteiger partial charge is 0.122 e. The zero-order valence-electron chi connectivity index (χ0n) is 9.05. The number of nitrogens with one attached hydrogen (secondary N) is 1. The second-order valence-electron chi connectivity index (χ2n) is 4.04. The van der Waals surface area contributed by atoms with Gasteiger partial charge < -0.3 is 10.1 Å². The number of fused-ring (bicyclic) bond motifs is 1. The van der Waals surface area contributed by atoms with E-state index < -0.39 is 0 Å². The van der Waals surface area contributed by atoms with Gasteiger partial charge in [0.05, 0.1) is 0 Å². The lowest BCUT2D eigenvalue weighted by molar-refractivity contribution is 0.245. The summed E-state index contributed by atoms with van der Waals surface area (Å²) >= 11 is 0. The fourth-order valence-electron chi connectivity index (χ4n) is 1.84. The summed E-state index contributed by atoms with van der Waals surface area (Å²) < 4.78 is 5.70. The zero-order valence-corrected chi connectivity index (χ0v) is 9.05. The van der Waals surface area contributed by atoms with E-state index in [2.05, 4.69) is 31.3 Å². The quantitative estimate of drug-likeness (QED) is 0.731. The number of hydrogen-bond acceptors (Lipinski definition) is 2. The van der Waals surface area contributed by atoms with E-state index >= 15 is 0 Å². The minimum Gasteiger partial charge on any atom is -0.492 e. The SMILES string of the molecule is CNC1COc2cc(C)c(C)cc2C1. The number of aryl methyl sites for hydroxylation is 2. The highest BCUT2D eigenvalue weighted by Crippen LogP contribution is 2.27. The van der Waals surface area contributed by atoms with Gasteiger partial charge in [0.25, 0.3) is 0 Å². The van der Waals surface area contributed by atoms with Gasteiger partial charge in [-0.05, 0) is 50.1 Å². The summed E-state index contributed by atoms with van der Waals surface area (Å²) in [6.07, 6.45) is 1.08. The van der Waals surface area contributed by atoms with Crippen molar-refractivity contribution in [1.82, 2.24) is 5.32 Å². The Bertz CT molecular complexity index is 346. The van der Waals surface area contributed by atoms with Crippen molar-refractivity contribution in [2.24, 2.45) is 0 Å². The summed E-state index contributed by atoms with van der Waals surface area (Å²) in [7, 11) is 1.99. The summed E-state index contributed by atoms with van der Waals surface area (Å²) in [5.74, 6) is 1.07. The first-order valence-corrected chi connectivity index (χ1v) is 5.11. The van der Waals surface area contributed by atoms with Crippen LogP contribution in [0.1, 0.15) is 16.7 Å². The van der Waals surface area contributed by atoms with Crippen molar-refractivity contribution in [3.63, 3.8) is 0 Å². The minimum absolute atomic E-state index is 0.463. The van der Waals surface area contributed by atoms with E-state index in [1.54, 1.807) is 0 Å². The van der Waals surface area contributed by atoms with Gasteiger partial charge in [-0.15, -0.1) is 0 Å². The average molecular weight is 191 g/mol. The van der Waals surface area contributed by atoms with E-state index in [9.17, 15) is 0 Å². The molecule has 2 rings (SSSR count). The Morgan fingerprint density at radius 1 is 1.29 bits per heavy atom. The van der Waals surface area contributed by atoms with Gasteiger partial charge in [-0.25, -0.2) is 0 Å². The molecular weight excluding hydrogens is 174 g/mol. The molecule has 76 valence electrons. The third kappa shape index (κ3) is 1.62. The molecule has 2 nitrogen and oxygen atoms in total. The fraction of sp³-hybridized carbons (Fsp3) is 0.500. The van der Waals surface area contributed by atoms with Crippen molar-refractivity contribution in [3.8, 4) is 5.75 Å². The lowest BCUT2D eigenvalue weighted by Crippen LogP contribution is -2.36. The molecule has 1 unspecified atom stereocenters. The molecule has 14 heavy (non-hydrogen) atoms. The summed E-state index contributed by atoms with van der Waals surface area (Å²) in [6.45, 7) is 5.06. The van der Waals surface area contributed by atoms with Crippen LogP contribution in [-0.4, -0.2) is 19.7 Å².